The van der Waals surface area contributed by atoms with Crippen molar-refractivity contribution in [2.75, 3.05) is 0 Å². The van der Waals surface area contributed by atoms with Crippen molar-refractivity contribution in [3.63, 3.8) is 0 Å². The molecule has 3 unspecified atom stereocenters. The summed E-state index contributed by atoms with van der Waals surface area (Å²) < 4.78 is 6.96. The first-order chi connectivity index (χ1) is 13.2. The summed E-state index contributed by atoms with van der Waals surface area (Å²) in [5.41, 5.74) is -0.374. The summed E-state index contributed by atoms with van der Waals surface area (Å²) in [6.45, 7) is 18.0. The van der Waals surface area contributed by atoms with Gasteiger partial charge in [0.15, 0.2) is 8.32 Å². The predicted octanol–water partition coefficient (Wildman–Crippen LogP) is 6.55. The number of rotatable bonds is 9. The van der Waals surface area contributed by atoms with Gasteiger partial charge in [-0.1, -0.05) is 34.1 Å². The lowest BCUT2D eigenvalue weighted by atomic mass is 9.60. The van der Waals surface area contributed by atoms with Gasteiger partial charge in [-0.25, -0.2) is 0 Å². The molecule has 29 heavy (non-hydrogen) atoms. The van der Waals surface area contributed by atoms with Gasteiger partial charge >= 0.3 is 0 Å². The van der Waals surface area contributed by atoms with Crippen molar-refractivity contribution in [3.05, 3.63) is 6.42 Å². The van der Waals surface area contributed by atoms with Gasteiger partial charge in [-0.2, -0.15) is 0 Å². The van der Waals surface area contributed by atoms with E-state index in [2.05, 4.69) is 47.2 Å². The third-order valence-electron chi connectivity index (χ3n) is 8.50. The van der Waals surface area contributed by atoms with E-state index in [0.29, 0.717) is 30.3 Å². The van der Waals surface area contributed by atoms with Crippen LogP contribution in [0, 0.1) is 29.6 Å². The van der Waals surface area contributed by atoms with E-state index in [-0.39, 0.29) is 10.5 Å². The molecular formula is C25H47O3Si. The molecule has 2 aliphatic carbocycles. The highest BCUT2D eigenvalue weighted by atomic mass is 28.4. The lowest BCUT2D eigenvalue weighted by molar-refractivity contribution is -0.109. The van der Waals surface area contributed by atoms with E-state index in [0.717, 1.165) is 19.1 Å². The average molecular weight is 424 g/mol. The molecule has 0 amide bonds. The van der Waals surface area contributed by atoms with E-state index >= 15 is 0 Å². The maximum absolute atomic E-state index is 11.5. The Labute approximate surface area is 181 Å². The van der Waals surface area contributed by atoms with E-state index < -0.39 is 13.9 Å². The number of aliphatic hydroxyl groups is 1. The summed E-state index contributed by atoms with van der Waals surface area (Å²) in [5.74, 6) is 1.51. The van der Waals surface area contributed by atoms with Gasteiger partial charge in [0.1, 0.15) is 6.29 Å². The standard InChI is InChI=1S/C25H47O3Si/c1-23(2,3)29(7,8)28-22-12-10-17-25(6)20(13-14-21(22)25)19(15-18-26)11-9-16-24(4,5)27/h11,18-22,27H,9-10,12-17H2,1-8H3/t19?,20?,21?,22-,25+/m0/s1. The van der Waals surface area contributed by atoms with Crippen molar-refractivity contribution in [1.29, 1.82) is 0 Å². The third kappa shape index (κ3) is 5.95. The van der Waals surface area contributed by atoms with Crippen molar-refractivity contribution in [2.45, 2.75) is 123 Å². The van der Waals surface area contributed by atoms with Crippen molar-refractivity contribution >= 4 is 14.6 Å². The molecule has 0 aromatic rings. The molecule has 0 aliphatic heterocycles. The second-order valence-corrected chi connectivity index (χ2v) is 17.0. The van der Waals surface area contributed by atoms with Crippen LogP contribution in [0.25, 0.3) is 0 Å². The van der Waals surface area contributed by atoms with Crippen LogP contribution in [-0.4, -0.2) is 31.4 Å². The van der Waals surface area contributed by atoms with Gasteiger partial charge < -0.3 is 14.3 Å². The van der Waals surface area contributed by atoms with Crippen molar-refractivity contribution in [3.8, 4) is 0 Å². The monoisotopic (exact) mass is 423 g/mol. The quantitative estimate of drug-likeness (QED) is 0.338. The van der Waals surface area contributed by atoms with Crippen molar-refractivity contribution in [2.24, 2.45) is 23.2 Å². The van der Waals surface area contributed by atoms with Crippen molar-refractivity contribution in [1.82, 2.24) is 0 Å². The fraction of sp³-hybridized carbons (Fsp3) is 0.920. The fourth-order valence-corrected chi connectivity index (χ4v) is 7.14. The van der Waals surface area contributed by atoms with Gasteiger partial charge in [0, 0.05) is 12.5 Å². The summed E-state index contributed by atoms with van der Waals surface area (Å²) in [6, 6.07) is 0. The number of fused-ring (bicyclic) bond motifs is 1. The third-order valence-corrected chi connectivity index (χ3v) is 13.0. The number of hydrogen-bond acceptors (Lipinski definition) is 3. The SMILES string of the molecule is CC(C)(O)CC[CH]C(CC=O)C1CCC2[C@@H](O[Si](C)(C)C(C)(C)C)CCC[C@]12C. The molecule has 4 heteroatoms. The maximum Gasteiger partial charge on any atom is 0.192 e. The highest BCUT2D eigenvalue weighted by molar-refractivity contribution is 6.74. The van der Waals surface area contributed by atoms with Crippen LogP contribution >= 0.6 is 0 Å². The number of carbonyl (C=O) groups excluding carboxylic acids is 1. The molecule has 0 aromatic carbocycles. The van der Waals surface area contributed by atoms with E-state index in [4.69, 9.17) is 4.43 Å². The average Bonchev–Trinajstić information content (AvgIpc) is 2.89. The number of hydrogen-bond donors (Lipinski definition) is 1. The molecule has 0 spiro atoms. The smallest absolute Gasteiger partial charge is 0.192 e. The Morgan fingerprint density at radius 2 is 1.83 bits per heavy atom. The minimum Gasteiger partial charge on any atom is -0.414 e. The first-order valence-corrected chi connectivity index (χ1v) is 14.8. The molecule has 2 rings (SSSR count). The van der Waals surface area contributed by atoms with E-state index in [1.807, 2.05) is 13.8 Å². The van der Waals surface area contributed by atoms with Crippen LogP contribution in [0.4, 0.5) is 0 Å². The molecule has 0 heterocycles. The topological polar surface area (TPSA) is 46.5 Å². The molecule has 2 aliphatic rings. The minimum absolute atomic E-state index is 0.240. The van der Waals surface area contributed by atoms with Gasteiger partial charge in [-0.3, -0.25) is 0 Å². The second-order valence-electron chi connectivity index (χ2n) is 12.3. The van der Waals surface area contributed by atoms with Gasteiger partial charge in [-0.05, 0) is 100 Å². The van der Waals surface area contributed by atoms with Crippen molar-refractivity contribution < 1.29 is 14.3 Å². The van der Waals surface area contributed by atoms with E-state index in [9.17, 15) is 9.90 Å². The Hall–Kier alpha value is -0.193. The predicted molar refractivity (Wildman–Crippen MR) is 124 cm³/mol. The molecule has 3 nitrogen and oxygen atoms in total. The zero-order valence-electron chi connectivity index (χ0n) is 20.4. The molecule has 0 aromatic heterocycles. The van der Waals surface area contributed by atoms with Gasteiger partial charge in [0.2, 0.25) is 0 Å². The summed E-state index contributed by atoms with van der Waals surface area (Å²) in [4.78, 5) is 11.5. The van der Waals surface area contributed by atoms with Gasteiger partial charge in [-0.15, -0.1) is 0 Å². The lowest BCUT2D eigenvalue weighted by Gasteiger charge is -2.50. The molecule has 2 saturated carbocycles. The molecule has 0 bridgehead atoms. The van der Waals surface area contributed by atoms with Crippen LogP contribution in [-0.2, 0) is 9.22 Å². The van der Waals surface area contributed by atoms with Crippen LogP contribution in [0.2, 0.25) is 18.1 Å². The summed E-state index contributed by atoms with van der Waals surface area (Å²) in [5, 5.41) is 10.3. The Morgan fingerprint density at radius 1 is 1.17 bits per heavy atom. The summed E-state index contributed by atoms with van der Waals surface area (Å²) in [7, 11) is -1.78. The van der Waals surface area contributed by atoms with Gasteiger partial charge in [0.25, 0.3) is 0 Å². The Morgan fingerprint density at radius 3 is 2.38 bits per heavy atom. The van der Waals surface area contributed by atoms with Crippen LogP contribution in [0.1, 0.15) is 92.9 Å². The highest BCUT2D eigenvalue weighted by Gasteiger charge is 2.54. The highest BCUT2D eigenvalue weighted by Crippen LogP contribution is 2.60. The molecule has 5 atom stereocenters. The summed E-state index contributed by atoms with van der Waals surface area (Å²) in [6.07, 6.45) is 12.2. The van der Waals surface area contributed by atoms with Gasteiger partial charge in [0.05, 0.1) is 5.60 Å². The largest absolute Gasteiger partial charge is 0.414 e. The molecule has 0 saturated heterocycles. The van der Waals surface area contributed by atoms with E-state index in [1.54, 1.807) is 0 Å². The molecule has 2 fully saturated rings. The Kier molecular flexibility index (Phi) is 7.88. The Bertz CT molecular complexity index is 545. The lowest BCUT2D eigenvalue weighted by Crippen LogP contribution is -2.50. The maximum atomic E-state index is 11.5. The fourth-order valence-electron chi connectivity index (χ4n) is 5.75. The zero-order chi connectivity index (χ0) is 22.1. The van der Waals surface area contributed by atoms with E-state index in [1.165, 1.54) is 32.1 Å². The van der Waals surface area contributed by atoms with Crippen LogP contribution < -0.4 is 0 Å². The zero-order valence-corrected chi connectivity index (χ0v) is 21.4. The minimum atomic E-state index is -1.78. The molecule has 169 valence electrons. The number of aldehydes is 1. The first-order valence-electron chi connectivity index (χ1n) is 11.9. The second kappa shape index (κ2) is 9.12. The summed E-state index contributed by atoms with van der Waals surface area (Å²) >= 11 is 0. The first kappa shape index (κ1) is 25.1. The molecular weight excluding hydrogens is 376 g/mol. The van der Waals surface area contributed by atoms with Crippen LogP contribution in [0.15, 0.2) is 0 Å². The Balaban J connectivity index is 2.13. The number of carbonyl (C=O) groups is 1. The molecule has 1 radical (unpaired) electrons. The van der Waals surface area contributed by atoms with Crippen LogP contribution in [0.5, 0.6) is 0 Å². The molecule has 1 N–H and O–H groups in total. The normalized spacial score (nSPS) is 32.1. The van der Waals surface area contributed by atoms with Crippen LogP contribution in [0.3, 0.4) is 0 Å².